The van der Waals surface area contributed by atoms with E-state index < -0.39 is 17.8 Å². The molecule has 0 aromatic heterocycles. The van der Waals surface area contributed by atoms with Crippen LogP contribution in [0.5, 0.6) is 0 Å². The molecule has 0 radical (unpaired) electrons. The molecule has 96 valence electrons. The van der Waals surface area contributed by atoms with Crippen LogP contribution in [-0.2, 0) is 6.18 Å². The third kappa shape index (κ3) is 2.41. The molecule has 0 saturated carbocycles. The molecule has 0 unspecified atom stereocenters. The van der Waals surface area contributed by atoms with E-state index in [1.807, 2.05) is 0 Å². The number of hydrogen-bond acceptors (Lipinski definition) is 3. The standard InChI is InChI=1S/C12H11F3N2O/c13-12(14,15)11-2-1-9(5-8(11)6-16)17-4-3-10(18)7-17/h1-2,5,10,18H,3-4,7H2/t10-/m1/s1. The van der Waals surface area contributed by atoms with Crippen molar-refractivity contribution < 1.29 is 18.3 Å². The number of alkyl halides is 3. The van der Waals surface area contributed by atoms with Crippen LogP contribution in [0.1, 0.15) is 17.5 Å². The molecule has 1 aliphatic rings. The van der Waals surface area contributed by atoms with Gasteiger partial charge >= 0.3 is 6.18 Å². The van der Waals surface area contributed by atoms with E-state index in [9.17, 15) is 18.3 Å². The molecular weight excluding hydrogens is 245 g/mol. The molecule has 18 heavy (non-hydrogen) atoms. The van der Waals surface area contributed by atoms with E-state index in [1.165, 1.54) is 12.1 Å². The number of nitriles is 1. The third-order valence-electron chi connectivity index (χ3n) is 2.96. The van der Waals surface area contributed by atoms with Gasteiger partial charge in [-0.3, -0.25) is 0 Å². The average Bonchev–Trinajstić information content (AvgIpc) is 2.74. The van der Waals surface area contributed by atoms with Crippen LogP contribution >= 0.6 is 0 Å². The second-order valence-electron chi connectivity index (χ2n) is 4.23. The van der Waals surface area contributed by atoms with Crippen molar-refractivity contribution >= 4 is 5.69 Å². The lowest BCUT2D eigenvalue weighted by atomic mass is 10.1. The highest BCUT2D eigenvalue weighted by Crippen LogP contribution is 2.34. The third-order valence-corrected chi connectivity index (χ3v) is 2.96. The smallest absolute Gasteiger partial charge is 0.391 e. The summed E-state index contributed by atoms with van der Waals surface area (Å²) in [5, 5.41) is 18.2. The van der Waals surface area contributed by atoms with E-state index in [1.54, 1.807) is 11.0 Å². The zero-order valence-electron chi connectivity index (χ0n) is 9.41. The summed E-state index contributed by atoms with van der Waals surface area (Å²) < 4.78 is 37.8. The molecule has 1 atom stereocenters. The van der Waals surface area contributed by atoms with Gasteiger partial charge in [0.1, 0.15) is 0 Å². The first kappa shape index (κ1) is 12.7. The van der Waals surface area contributed by atoms with E-state index in [2.05, 4.69) is 0 Å². The fourth-order valence-electron chi connectivity index (χ4n) is 2.04. The highest BCUT2D eigenvalue weighted by atomic mass is 19.4. The van der Waals surface area contributed by atoms with Crippen LogP contribution in [-0.4, -0.2) is 24.3 Å². The summed E-state index contributed by atoms with van der Waals surface area (Å²) in [6, 6.07) is 5.04. The zero-order chi connectivity index (χ0) is 13.3. The number of halogens is 3. The van der Waals surface area contributed by atoms with E-state index >= 15 is 0 Å². The highest BCUT2D eigenvalue weighted by Gasteiger charge is 2.34. The first-order valence-electron chi connectivity index (χ1n) is 5.46. The van der Waals surface area contributed by atoms with Crippen molar-refractivity contribution in [2.75, 3.05) is 18.0 Å². The summed E-state index contributed by atoms with van der Waals surface area (Å²) in [4.78, 5) is 1.77. The van der Waals surface area contributed by atoms with Gasteiger partial charge in [-0.05, 0) is 24.6 Å². The Kier molecular flexibility index (Phi) is 3.18. The van der Waals surface area contributed by atoms with Crippen LogP contribution in [0.25, 0.3) is 0 Å². The summed E-state index contributed by atoms with van der Waals surface area (Å²) in [6.45, 7) is 0.966. The largest absolute Gasteiger partial charge is 0.417 e. The summed E-state index contributed by atoms with van der Waals surface area (Å²) in [7, 11) is 0. The lowest BCUT2D eigenvalue weighted by Crippen LogP contribution is -2.21. The second-order valence-corrected chi connectivity index (χ2v) is 4.23. The van der Waals surface area contributed by atoms with Crippen molar-refractivity contribution in [2.24, 2.45) is 0 Å². The van der Waals surface area contributed by atoms with Crippen LogP contribution in [0.2, 0.25) is 0 Å². The molecule has 0 spiro atoms. The Morgan fingerprint density at radius 2 is 2.11 bits per heavy atom. The minimum Gasteiger partial charge on any atom is -0.391 e. The topological polar surface area (TPSA) is 47.3 Å². The van der Waals surface area contributed by atoms with Crippen molar-refractivity contribution in [2.45, 2.75) is 18.7 Å². The normalized spacial score (nSPS) is 19.9. The molecule has 2 rings (SSSR count). The van der Waals surface area contributed by atoms with Crippen LogP contribution < -0.4 is 4.90 Å². The van der Waals surface area contributed by atoms with Crippen molar-refractivity contribution in [1.29, 1.82) is 5.26 Å². The number of aliphatic hydroxyl groups excluding tert-OH is 1. The Bertz CT molecular complexity index is 493. The number of aliphatic hydroxyl groups is 1. The molecule has 0 aliphatic carbocycles. The van der Waals surface area contributed by atoms with E-state index in [0.717, 1.165) is 6.07 Å². The Hall–Kier alpha value is -1.74. The number of nitrogens with zero attached hydrogens (tertiary/aromatic N) is 2. The molecule has 3 nitrogen and oxygen atoms in total. The van der Waals surface area contributed by atoms with Crippen LogP contribution in [0, 0.1) is 11.3 Å². The molecule has 1 aliphatic heterocycles. The molecule has 0 amide bonds. The number of rotatable bonds is 1. The fourth-order valence-corrected chi connectivity index (χ4v) is 2.04. The van der Waals surface area contributed by atoms with E-state index in [-0.39, 0.29) is 5.56 Å². The molecule has 1 fully saturated rings. The minimum atomic E-state index is -4.52. The van der Waals surface area contributed by atoms with Gasteiger partial charge in [0.15, 0.2) is 0 Å². The zero-order valence-corrected chi connectivity index (χ0v) is 9.41. The van der Waals surface area contributed by atoms with Gasteiger partial charge in [-0.15, -0.1) is 0 Å². The highest BCUT2D eigenvalue weighted by molar-refractivity contribution is 5.56. The Morgan fingerprint density at radius 3 is 2.61 bits per heavy atom. The Labute approximate surface area is 102 Å². The first-order valence-corrected chi connectivity index (χ1v) is 5.46. The molecule has 1 N–H and O–H groups in total. The molecule has 1 heterocycles. The summed E-state index contributed by atoms with van der Waals surface area (Å²) in [5.41, 5.74) is -0.772. The van der Waals surface area contributed by atoms with E-state index in [4.69, 9.17) is 5.26 Å². The van der Waals surface area contributed by atoms with Gasteiger partial charge in [-0.25, -0.2) is 0 Å². The van der Waals surface area contributed by atoms with Crippen molar-refractivity contribution in [3.63, 3.8) is 0 Å². The van der Waals surface area contributed by atoms with Crippen molar-refractivity contribution in [1.82, 2.24) is 0 Å². The molecule has 0 bridgehead atoms. The number of β-amino-alcohol motifs (C(OH)–C–C–N with tert-alkyl or cyclic N) is 1. The molecule has 1 aromatic carbocycles. The van der Waals surface area contributed by atoms with Crippen LogP contribution in [0.3, 0.4) is 0 Å². The first-order chi connectivity index (χ1) is 8.41. The van der Waals surface area contributed by atoms with Gasteiger partial charge < -0.3 is 10.0 Å². The minimum absolute atomic E-state index is 0.385. The van der Waals surface area contributed by atoms with Crippen molar-refractivity contribution in [3.05, 3.63) is 29.3 Å². The molecular formula is C12H11F3N2O. The predicted molar refractivity (Wildman–Crippen MR) is 59.0 cm³/mol. The number of hydrogen-bond donors (Lipinski definition) is 1. The van der Waals surface area contributed by atoms with Crippen LogP contribution in [0.4, 0.5) is 18.9 Å². The van der Waals surface area contributed by atoms with Crippen molar-refractivity contribution in [3.8, 4) is 6.07 Å². The molecule has 6 heteroatoms. The summed E-state index contributed by atoms with van der Waals surface area (Å²) in [6.07, 6.45) is -4.39. The lowest BCUT2D eigenvalue weighted by Gasteiger charge is -2.19. The second kappa shape index (κ2) is 4.50. The quantitative estimate of drug-likeness (QED) is 0.837. The molecule has 1 saturated heterocycles. The average molecular weight is 256 g/mol. The Balaban J connectivity index is 2.34. The number of anilines is 1. The van der Waals surface area contributed by atoms with Gasteiger partial charge in [-0.2, -0.15) is 18.4 Å². The molecule has 1 aromatic rings. The maximum absolute atomic E-state index is 12.6. The fraction of sp³-hybridized carbons (Fsp3) is 0.417. The van der Waals surface area contributed by atoms with Gasteiger partial charge in [0, 0.05) is 18.8 Å². The number of benzene rings is 1. The van der Waals surface area contributed by atoms with Gasteiger partial charge in [0.25, 0.3) is 0 Å². The summed E-state index contributed by atoms with van der Waals surface area (Å²) in [5.74, 6) is 0. The summed E-state index contributed by atoms with van der Waals surface area (Å²) >= 11 is 0. The van der Waals surface area contributed by atoms with Gasteiger partial charge in [0.2, 0.25) is 0 Å². The SMILES string of the molecule is N#Cc1cc(N2CC[C@@H](O)C2)ccc1C(F)(F)F. The van der Waals surface area contributed by atoms with E-state index in [0.29, 0.717) is 25.2 Å². The maximum atomic E-state index is 12.6. The maximum Gasteiger partial charge on any atom is 0.417 e. The van der Waals surface area contributed by atoms with Gasteiger partial charge in [-0.1, -0.05) is 0 Å². The predicted octanol–water partition coefficient (Wildman–Crippen LogP) is 2.15. The van der Waals surface area contributed by atoms with Crippen LogP contribution in [0.15, 0.2) is 18.2 Å². The Morgan fingerprint density at radius 1 is 1.39 bits per heavy atom. The monoisotopic (exact) mass is 256 g/mol. The van der Waals surface area contributed by atoms with Gasteiger partial charge in [0.05, 0.1) is 23.3 Å². The lowest BCUT2D eigenvalue weighted by molar-refractivity contribution is -0.137.